The maximum atomic E-state index is 5.43. The van der Waals surface area contributed by atoms with Crippen molar-refractivity contribution >= 4 is 11.6 Å². The molecule has 0 saturated heterocycles. The molecule has 3 radical (unpaired) electrons. The van der Waals surface area contributed by atoms with E-state index in [1.165, 1.54) is 0 Å². The van der Waals surface area contributed by atoms with Crippen molar-refractivity contribution < 1.29 is 0 Å². The molecular weight excluding hydrogens is 124 g/mol. The van der Waals surface area contributed by atoms with Crippen LogP contribution in [0.15, 0.2) is 24.4 Å². The van der Waals surface area contributed by atoms with Crippen molar-refractivity contribution in [2.45, 2.75) is 0 Å². The van der Waals surface area contributed by atoms with Gasteiger partial charge in [-0.25, -0.2) is 4.98 Å². The first-order valence-electron chi connectivity index (χ1n) is 1.96. The Labute approximate surface area is 53.1 Å². The quantitative estimate of drug-likeness (QED) is 0.484. The van der Waals surface area contributed by atoms with Crippen molar-refractivity contribution in [3.63, 3.8) is 0 Å². The molecule has 1 rings (SSSR count). The SMILES string of the molecule is Clc1ccccn1.[N]. The second kappa shape index (κ2) is 3.41. The largest absolute Gasteiger partial charge is 0.245 e. The molecule has 0 atom stereocenters. The third kappa shape index (κ3) is 1.91. The normalized spacial score (nSPS) is 7.62. The molecule has 1 aromatic heterocycles. The van der Waals surface area contributed by atoms with Crippen LogP contribution in [-0.4, -0.2) is 4.98 Å². The van der Waals surface area contributed by atoms with Gasteiger partial charge < -0.3 is 0 Å². The number of pyridine rings is 1. The van der Waals surface area contributed by atoms with Crippen LogP contribution >= 0.6 is 11.6 Å². The summed E-state index contributed by atoms with van der Waals surface area (Å²) in [6.45, 7) is 0. The van der Waals surface area contributed by atoms with E-state index in [2.05, 4.69) is 4.98 Å². The molecule has 8 heavy (non-hydrogen) atoms. The van der Waals surface area contributed by atoms with Crippen LogP contribution in [-0.2, 0) is 0 Å². The molecular formula is C5H4ClN2. The fourth-order valence-corrected chi connectivity index (χ4v) is 0.471. The average molecular weight is 128 g/mol. The van der Waals surface area contributed by atoms with Gasteiger partial charge in [0.05, 0.1) is 0 Å². The first kappa shape index (κ1) is 7.40. The maximum absolute atomic E-state index is 5.43. The van der Waals surface area contributed by atoms with E-state index in [4.69, 9.17) is 11.6 Å². The number of aromatic nitrogens is 1. The summed E-state index contributed by atoms with van der Waals surface area (Å²) in [6, 6.07) is 5.41. The van der Waals surface area contributed by atoms with E-state index in [1.54, 1.807) is 12.3 Å². The lowest BCUT2D eigenvalue weighted by Gasteiger charge is -1.79. The molecule has 0 saturated carbocycles. The molecule has 0 N–H and O–H groups in total. The molecule has 0 unspecified atom stereocenters. The molecule has 41 valence electrons. The van der Waals surface area contributed by atoms with Gasteiger partial charge in [0.25, 0.3) is 0 Å². The highest BCUT2D eigenvalue weighted by Crippen LogP contribution is 1.98. The average Bonchev–Trinajstić information content (AvgIpc) is 1.69. The summed E-state index contributed by atoms with van der Waals surface area (Å²) in [5, 5.41) is 0.544. The highest BCUT2D eigenvalue weighted by Gasteiger charge is 1.76. The van der Waals surface area contributed by atoms with Crippen LogP contribution in [0.2, 0.25) is 5.15 Å². The highest BCUT2D eigenvalue weighted by atomic mass is 35.5. The molecule has 1 aromatic rings. The van der Waals surface area contributed by atoms with Crippen LogP contribution in [0.1, 0.15) is 0 Å². The lowest BCUT2D eigenvalue weighted by molar-refractivity contribution is 1.33. The Balaban J connectivity index is 0.000000490. The number of halogens is 1. The van der Waals surface area contributed by atoms with Crippen LogP contribution in [0.5, 0.6) is 0 Å². The third-order valence-electron chi connectivity index (χ3n) is 0.629. The van der Waals surface area contributed by atoms with E-state index < -0.39 is 0 Å². The van der Waals surface area contributed by atoms with Gasteiger partial charge in [-0.05, 0) is 12.1 Å². The number of nitrogens with zero attached hydrogens (tertiary/aromatic N) is 2. The lowest BCUT2D eigenvalue weighted by Crippen LogP contribution is -1.65. The molecule has 2 nitrogen and oxygen atoms in total. The molecule has 0 aliphatic heterocycles. The minimum Gasteiger partial charge on any atom is -0.245 e. The molecule has 0 bridgehead atoms. The zero-order valence-corrected chi connectivity index (χ0v) is 4.84. The summed E-state index contributed by atoms with van der Waals surface area (Å²) >= 11 is 5.43. The van der Waals surface area contributed by atoms with Crippen molar-refractivity contribution in [3.8, 4) is 0 Å². The van der Waals surface area contributed by atoms with Gasteiger partial charge in [-0.1, -0.05) is 17.7 Å². The Kier molecular flexibility index (Phi) is 3.15. The van der Waals surface area contributed by atoms with E-state index in [0.717, 1.165) is 0 Å². The van der Waals surface area contributed by atoms with Crippen LogP contribution in [0, 0.1) is 0 Å². The number of hydrogen-bond acceptors (Lipinski definition) is 1. The first-order chi connectivity index (χ1) is 3.39. The van der Waals surface area contributed by atoms with Crippen LogP contribution in [0.25, 0.3) is 0 Å². The molecule has 3 heteroatoms. The van der Waals surface area contributed by atoms with E-state index in [9.17, 15) is 0 Å². The highest BCUT2D eigenvalue weighted by molar-refractivity contribution is 6.29. The monoisotopic (exact) mass is 127 g/mol. The third-order valence-corrected chi connectivity index (χ3v) is 0.852. The first-order valence-corrected chi connectivity index (χ1v) is 2.34. The van der Waals surface area contributed by atoms with E-state index in [1.807, 2.05) is 12.1 Å². The summed E-state index contributed by atoms with van der Waals surface area (Å²) in [4.78, 5) is 3.74. The standard InChI is InChI=1S/C5H4ClN.N/c6-5-3-1-2-4-7-5;/h1-4H;. The summed E-state index contributed by atoms with van der Waals surface area (Å²) in [6.07, 6.45) is 1.66. The fraction of sp³-hybridized carbons (Fsp3) is 0. The van der Waals surface area contributed by atoms with Gasteiger partial charge in [-0.2, -0.15) is 0 Å². The second-order valence-electron chi connectivity index (χ2n) is 1.15. The molecule has 0 aliphatic carbocycles. The van der Waals surface area contributed by atoms with Crippen LogP contribution < -0.4 is 6.15 Å². The van der Waals surface area contributed by atoms with Crippen molar-refractivity contribution in [3.05, 3.63) is 29.5 Å². The Hall–Kier alpha value is -0.600. The molecule has 1 heterocycles. The Morgan fingerprint density at radius 2 is 2.12 bits per heavy atom. The van der Waals surface area contributed by atoms with E-state index in [0.29, 0.717) is 5.15 Å². The zero-order chi connectivity index (χ0) is 5.11. The second-order valence-corrected chi connectivity index (χ2v) is 1.54. The Morgan fingerprint density at radius 3 is 2.38 bits per heavy atom. The van der Waals surface area contributed by atoms with E-state index >= 15 is 0 Å². The van der Waals surface area contributed by atoms with E-state index in [-0.39, 0.29) is 6.15 Å². The Morgan fingerprint density at radius 1 is 1.38 bits per heavy atom. The number of hydrogen-bond donors (Lipinski definition) is 0. The lowest BCUT2D eigenvalue weighted by atomic mass is 10.5. The van der Waals surface area contributed by atoms with Crippen molar-refractivity contribution in [2.24, 2.45) is 0 Å². The zero-order valence-electron chi connectivity index (χ0n) is 4.08. The van der Waals surface area contributed by atoms with Gasteiger partial charge in [-0.15, -0.1) is 0 Å². The summed E-state index contributed by atoms with van der Waals surface area (Å²) in [5.41, 5.74) is 0. The van der Waals surface area contributed by atoms with Gasteiger partial charge in [0.15, 0.2) is 0 Å². The Bertz CT molecular complexity index is 140. The summed E-state index contributed by atoms with van der Waals surface area (Å²) in [7, 11) is 0. The van der Waals surface area contributed by atoms with Crippen molar-refractivity contribution in [1.82, 2.24) is 11.1 Å². The molecule has 0 aromatic carbocycles. The van der Waals surface area contributed by atoms with Crippen molar-refractivity contribution in [2.75, 3.05) is 0 Å². The van der Waals surface area contributed by atoms with Crippen LogP contribution in [0.3, 0.4) is 0 Å². The molecule has 0 spiro atoms. The topological polar surface area (TPSA) is 43.4 Å². The van der Waals surface area contributed by atoms with Crippen molar-refractivity contribution in [1.29, 1.82) is 0 Å². The van der Waals surface area contributed by atoms with Gasteiger partial charge >= 0.3 is 0 Å². The van der Waals surface area contributed by atoms with Gasteiger partial charge in [0, 0.05) is 12.3 Å². The predicted octanol–water partition coefficient (Wildman–Crippen LogP) is 1.25. The predicted molar refractivity (Wildman–Crippen MR) is 31.4 cm³/mol. The minimum absolute atomic E-state index is 0. The smallest absolute Gasteiger partial charge is 0.129 e. The molecule has 0 aliphatic rings. The molecule has 0 fully saturated rings. The summed E-state index contributed by atoms with van der Waals surface area (Å²) in [5.74, 6) is 0. The summed E-state index contributed by atoms with van der Waals surface area (Å²) < 4.78 is 0. The van der Waals surface area contributed by atoms with Crippen LogP contribution in [0.4, 0.5) is 0 Å². The minimum atomic E-state index is 0. The van der Waals surface area contributed by atoms with Gasteiger partial charge in [0.2, 0.25) is 0 Å². The number of rotatable bonds is 0. The fourth-order valence-electron chi connectivity index (χ4n) is 0.342. The van der Waals surface area contributed by atoms with Gasteiger partial charge in [-0.3, -0.25) is 0 Å². The molecule has 0 amide bonds. The maximum Gasteiger partial charge on any atom is 0.129 e. The van der Waals surface area contributed by atoms with Gasteiger partial charge in [0.1, 0.15) is 5.15 Å².